The van der Waals surface area contributed by atoms with E-state index < -0.39 is 0 Å². The molecule has 0 spiro atoms. The summed E-state index contributed by atoms with van der Waals surface area (Å²) < 4.78 is 5.29. The molecule has 0 atom stereocenters. The highest BCUT2D eigenvalue weighted by atomic mass is 16.5. The van der Waals surface area contributed by atoms with Gasteiger partial charge in [0.15, 0.2) is 0 Å². The van der Waals surface area contributed by atoms with Gasteiger partial charge in [-0.1, -0.05) is 12.1 Å². The van der Waals surface area contributed by atoms with E-state index in [1.807, 2.05) is 6.92 Å². The molecular formula is C15H26N2O. The third kappa shape index (κ3) is 6.03. The van der Waals surface area contributed by atoms with Gasteiger partial charge in [0.25, 0.3) is 0 Å². The minimum absolute atomic E-state index is 0.816. The molecule has 0 bridgehead atoms. The fourth-order valence-electron chi connectivity index (χ4n) is 1.81. The van der Waals surface area contributed by atoms with Crippen molar-refractivity contribution in [2.75, 3.05) is 44.8 Å². The summed E-state index contributed by atoms with van der Waals surface area (Å²) in [5.74, 6) is 0. The molecule has 0 fully saturated rings. The van der Waals surface area contributed by atoms with Gasteiger partial charge in [0.1, 0.15) is 0 Å². The second-order valence-electron chi connectivity index (χ2n) is 4.56. The fourth-order valence-corrected chi connectivity index (χ4v) is 1.81. The van der Waals surface area contributed by atoms with Crippen molar-refractivity contribution in [3.8, 4) is 0 Å². The van der Waals surface area contributed by atoms with E-state index in [2.05, 4.69) is 48.5 Å². The monoisotopic (exact) mass is 250 g/mol. The van der Waals surface area contributed by atoms with E-state index >= 15 is 0 Å². The van der Waals surface area contributed by atoms with Crippen LogP contribution in [0, 0.1) is 6.92 Å². The summed E-state index contributed by atoms with van der Waals surface area (Å²) in [5, 5.41) is 3.44. The van der Waals surface area contributed by atoms with Gasteiger partial charge < -0.3 is 15.0 Å². The first kappa shape index (κ1) is 15.0. The molecule has 3 nitrogen and oxygen atoms in total. The van der Waals surface area contributed by atoms with E-state index in [1.165, 1.54) is 11.3 Å². The van der Waals surface area contributed by atoms with Gasteiger partial charge in [-0.05, 0) is 44.5 Å². The van der Waals surface area contributed by atoms with Gasteiger partial charge in [0, 0.05) is 39.0 Å². The van der Waals surface area contributed by atoms with Crippen LogP contribution in [0.3, 0.4) is 0 Å². The van der Waals surface area contributed by atoms with Gasteiger partial charge >= 0.3 is 0 Å². The predicted octanol–water partition coefficient (Wildman–Crippen LogP) is 2.45. The van der Waals surface area contributed by atoms with Crippen LogP contribution in [0.1, 0.15) is 18.9 Å². The number of rotatable bonds is 9. The van der Waals surface area contributed by atoms with E-state index in [0.717, 1.165) is 39.3 Å². The number of nitrogens with one attached hydrogen (secondary N) is 1. The van der Waals surface area contributed by atoms with Crippen molar-refractivity contribution in [3.05, 3.63) is 29.8 Å². The number of hydrogen-bond acceptors (Lipinski definition) is 3. The molecule has 0 amide bonds. The summed E-state index contributed by atoms with van der Waals surface area (Å²) in [7, 11) is 2.14. The second kappa shape index (κ2) is 8.95. The van der Waals surface area contributed by atoms with Crippen LogP contribution in [0.25, 0.3) is 0 Å². The molecule has 0 unspecified atom stereocenters. The predicted molar refractivity (Wildman–Crippen MR) is 78.4 cm³/mol. The molecule has 0 saturated heterocycles. The first-order chi connectivity index (χ1) is 8.74. The van der Waals surface area contributed by atoms with Crippen LogP contribution in [0.5, 0.6) is 0 Å². The van der Waals surface area contributed by atoms with Gasteiger partial charge in [-0.15, -0.1) is 0 Å². The highest BCUT2D eigenvalue weighted by Gasteiger charge is 1.99. The Bertz CT molecular complexity index is 328. The summed E-state index contributed by atoms with van der Waals surface area (Å²) in [6.07, 6.45) is 1.09. The molecule has 102 valence electrons. The second-order valence-corrected chi connectivity index (χ2v) is 4.56. The first-order valence-electron chi connectivity index (χ1n) is 6.80. The lowest BCUT2D eigenvalue weighted by molar-refractivity contribution is 0.145. The van der Waals surface area contributed by atoms with E-state index in [1.54, 1.807) is 0 Å². The summed E-state index contributed by atoms with van der Waals surface area (Å²) in [5.41, 5.74) is 2.59. The molecule has 0 radical (unpaired) electrons. The maximum Gasteiger partial charge on any atom is 0.0477 e. The maximum absolute atomic E-state index is 5.29. The molecule has 0 aliphatic carbocycles. The van der Waals surface area contributed by atoms with Crippen LogP contribution in [-0.2, 0) is 4.74 Å². The molecule has 1 N–H and O–H groups in total. The minimum Gasteiger partial charge on any atom is -0.382 e. The van der Waals surface area contributed by atoms with E-state index in [0.29, 0.717) is 0 Å². The molecule has 3 heteroatoms. The quantitative estimate of drug-likeness (QED) is 0.681. The van der Waals surface area contributed by atoms with E-state index in [-0.39, 0.29) is 0 Å². The Morgan fingerprint density at radius 2 is 2.11 bits per heavy atom. The number of benzene rings is 1. The number of nitrogens with zero attached hydrogens (tertiary/aromatic N) is 1. The van der Waals surface area contributed by atoms with Crippen LogP contribution in [-0.4, -0.2) is 39.9 Å². The lowest BCUT2D eigenvalue weighted by Crippen LogP contribution is -2.30. The standard InChI is InChI=1S/C15H26N2O/c1-4-18-12-6-9-16-10-11-17(3)15-8-5-7-14(2)13-15/h5,7-8,13,16H,4,6,9-12H2,1-3H3. The molecule has 0 heterocycles. The largest absolute Gasteiger partial charge is 0.382 e. The fraction of sp³-hybridized carbons (Fsp3) is 0.600. The van der Waals surface area contributed by atoms with Crippen molar-refractivity contribution in [2.45, 2.75) is 20.3 Å². The topological polar surface area (TPSA) is 24.5 Å². The summed E-state index contributed by atoms with van der Waals surface area (Å²) in [6, 6.07) is 8.61. The molecule has 0 saturated carbocycles. The Labute approximate surface area is 111 Å². The molecule has 0 aliphatic heterocycles. The van der Waals surface area contributed by atoms with Crippen LogP contribution >= 0.6 is 0 Å². The van der Waals surface area contributed by atoms with Crippen molar-refractivity contribution in [1.29, 1.82) is 0 Å². The lowest BCUT2D eigenvalue weighted by atomic mass is 10.2. The van der Waals surface area contributed by atoms with Gasteiger partial charge in [0.05, 0.1) is 0 Å². The number of likely N-dealkylation sites (N-methyl/N-ethyl adjacent to an activating group) is 1. The van der Waals surface area contributed by atoms with Crippen molar-refractivity contribution in [2.24, 2.45) is 0 Å². The highest BCUT2D eigenvalue weighted by molar-refractivity contribution is 5.47. The Morgan fingerprint density at radius 3 is 2.83 bits per heavy atom. The Balaban J connectivity index is 2.12. The third-order valence-corrected chi connectivity index (χ3v) is 2.91. The van der Waals surface area contributed by atoms with Crippen molar-refractivity contribution in [3.63, 3.8) is 0 Å². The Kier molecular flexibility index (Phi) is 7.46. The zero-order chi connectivity index (χ0) is 13.2. The molecular weight excluding hydrogens is 224 g/mol. The van der Waals surface area contributed by atoms with Crippen molar-refractivity contribution >= 4 is 5.69 Å². The van der Waals surface area contributed by atoms with Crippen molar-refractivity contribution < 1.29 is 4.74 Å². The third-order valence-electron chi connectivity index (χ3n) is 2.91. The van der Waals surface area contributed by atoms with E-state index in [9.17, 15) is 0 Å². The lowest BCUT2D eigenvalue weighted by Gasteiger charge is -2.20. The van der Waals surface area contributed by atoms with E-state index in [4.69, 9.17) is 4.74 Å². The molecule has 0 aromatic heterocycles. The van der Waals surface area contributed by atoms with Gasteiger partial charge in [0.2, 0.25) is 0 Å². The minimum atomic E-state index is 0.816. The van der Waals surface area contributed by atoms with Crippen LogP contribution < -0.4 is 10.2 Å². The summed E-state index contributed by atoms with van der Waals surface area (Å²) in [4.78, 5) is 2.28. The number of ether oxygens (including phenoxy) is 1. The van der Waals surface area contributed by atoms with Gasteiger partial charge in [-0.3, -0.25) is 0 Å². The summed E-state index contributed by atoms with van der Waals surface area (Å²) in [6.45, 7) is 8.90. The summed E-state index contributed by atoms with van der Waals surface area (Å²) >= 11 is 0. The van der Waals surface area contributed by atoms with Crippen LogP contribution in [0.15, 0.2) is 24.3 Å². The van der Waals surface area contributed by atoms with Gasteiger partial charge in [-0.2, -0.15) is 0 Å². The maximum atomic E-state index is 5.29. The number of hydrogen-bond donors (Lipinski definition) is 1. The SMILES string of the molecule is CCOCCCNCCN(C)c1cccc(C)c1. The highest BCUT2D eigenvalue weighted by Crippen LogP contribution is 2.13. The van der Waals surface area contributed by atoms with Crippen LogP contribution in [0.4, 0.5) is 5.69 Å². The average molecular weight is 250 g/mol. The molecule has 1 rings (SSSR count). The van der Waals surface area contributed by atoms with Crippen molar-refractivity contribution in [1.82, 2.24) is 5.32 Å². The zero-order valence-corrected chi connectivity index (χ0v) is 11.9. The molecule has 1 aromatic carbocycles. The Hall–Kier alpha value is -1.06. The molecule has 0 aliphatic rings. The number of aryl methyl sites for hydroxylation is 1. The first-order valence-corrected chi connectivity index (χ1v) is 6.80. The molecule has 1 aromatic rings. The smallest absolute Gasteiger partial charge is 0.0477 e. The van der Waals surface area contributed by atoms with Crippen LogP contribution in [0.2, 0.25) is 0 Å². The zero-order valence-electron chi connectivity index (χ0n) is 11.9. The van der Waals surface area contributed by atoms with Gasteiger partial charge in [-0.25, -0.2) is 0 Å². The number of anilines is 1. The average Bonchev–Trinajstić information content (AvgIpc) is 2.37. The Morgan fingerprint density at radius 1 is 1.28 bits per heavy atom. The molecule has 18 heavy (non-hydrogen) atoms. The normalized spacial score (nSPS) is 10.6.